The van der Waals surface area contributed by atoms with E-state index in [1.54, 1.807) is 16.3 Å². The molecule has 1 atom stereocenters. The highest BCUT2D eigenvalue weighted by molar-refractivity contribution is 7.80. The highest BCUT2D eigenvalue weighted by Crippen LogP contribution is 2.34. The first kappa shape index (κ1) is 12.3. The van der Waals surface area contributed by atoms with Crippen molar-refractivity contribution in [2.45, 2.75) is 12.5 Å². The number of hydrazone groups is 1. The van der Waals surface area contributed by atoms with Crippen LogP contribution in [0.3, 0.4) is 0 Å². The van der Waals surface area contributed by atoms with Crippen molar-refractivity contribution in [2.24, 2.45) is 10.8 Å². The van der Waals surface area contributed by atoms with Crippen LogP contribution in [-0.2, 0) is 0 Å². The first-order valence-corrected chi connectivity index (χ1v) is 7.29. The summed E-state index contributed by atoms with van der Waals surface area (Å²) in [5, 5.41) is 8.73. The van der Waals surface area contributed by atoms with Gasteiger partial charge in [-0.05, 0) is 29.2 Å². The molecule has 0 aliphatic carbocycles. The highest BCUT2D eigenvalue weighted by atomic mass is 32.1. The normalized spacial score (nSPS) is 18.4. The largest absolute Gasteiger partial charge is 0.375 e. The Morgan fingerprint density at radius 2 is 2.05 bits per heavy atom. The van der Waals surface area contributed by atoms with Crippen LogP contribution in [0.25, 0.3) is 0 Å². The molecular weight excluding hydrogens is 274 g/mol. The second kappa shape index (κ2) is 5.11. The standard InChI is InChI=1S/C14H13N3S2/c15-14(18)17-12(13-7-4-8-19-13)9-11(16-17)10-5-2-1-3-6-10/h1-8,12H,9H2,(H2,15,18). The summed E-state index contributed by atoms with van der Waals surface area (Å²) in [5.74, 6) is 0. The van der Waals surface area contributed by atoms with E-state index in [0.717, 1.165) is 17.7 Å². The molecule has 0 saturated carbocycles. The first-order valence-electron chi connectivity index (χ1n) is 6.00. The van der Waals surface area contributed by atoms with Gasteiger partial charge in [0.25, 0.3) is 0 Å². The smallest absolute Gasteiger partial charge is 0.187 e. The summed E-state index contributed by atoms with van der Waals surface area (Å²) >= 11 is 6.82. The summed E-state index contributed by atoms with van der Waals surface area (Å²) in [7, 11) is 0. The Hall–Kier alpha value is -1.72. The van der Waals surface area contributed by atoms with Crippen molar-refractivity contribution in [3.05, 3.63) is 58.3 Å². The molecule has 3 nitrogen and oxygen atoms in total. The lowest BCUT2D eigenvalue weighted by Crippen LogP contribution is -2.31. The minimum absolute atomic E-state index is 0.132. The molecule has 19 heavy (non-hydrogen) atoms. The third kappa shape index (κ3) is 2.39. The van der Waals surface area contributed by atoms with Crippen molar-refractivity contribution < 1.29 is 0 Å². The van der Waals surface area contributed by atoms with Crippen LogP contribution in [0.5, 0.6) is 0 Å². The predicted octanol–water partition coefficient (Wildman–Crippen LogP) is 3.14. The van der Waals surface area contributed by atoms with Crippen LogP contribution in [0.15, 0.2) is 52.9 Å². The summed E-state index contributed by atoms with van der Waals surface area (Å²) in [4.78, 5) is 1.24. The van der Waals surface area contributed by atoms with Gasteiger partial charge in [-0.3, -0.25) is 0 Å². The van der Waals surface area contributed by atoms with Gasteiger partial charge in [-0.2, -0.15) is 5.10 Å². The van der Waals surface area contributed by atoms with Gasteiger partial charge in [0, 0.05) is 11.3 Å². The van der Waals surface area contributed by atoms with Gasteiger partial charge < -0.3 is 5.73 Å². The van der Waals surface area contributed by atoms with Gasteiger partial charge in [0.2, 0.25) is 0 Å². The van der Waals surface area contributed by atoms with Gasteiger partial charge in [-0.15, -0.1) is 11.3 Å². The van der Waals surface area contributed by atoms with Crippen LogP contribution in [0, 0.1) is 0 Å². The fraction of sp³-hybridized carbons (Fsp3) is 0.143. The number of thiophene rings is 1. The molecule has 1 unspecified atom stereocenters. The van der Waals surface area contributed by atoms with Crippen molar-refractivity contribution in [3.63, 3.8) is 0 Å². The van der Waals surface area contributed by atoms with Crippen LogP contribution in [0.2, 0.25) is 0 Å². The molecule has 0 saturated heterocycles. The third-order valence-corrected chi connectivity index (χ3v) is 4.28. The van der Waals surface area contributed by atoms with Gasteiger partial charge in [0.1, 0.15) is 0 Å². The fourth-order valence-electron chi connectivity index (χ4n) is 2.22. The number of nitrogens with two attached hydrogens (primary N) is 1. The molecule has 0 spiro atoms. The molecule has 1 aliphatic heterocycles. The lowest BCUT2D eigenvalue weighted by molar-refractivity contribution is 0.378. The van der Waals surface area contributed by atoms with Crippen molar-refractivity contribution in [3.8, 4) is 0 Å². The SMILES string of the molecule is NC(=S)N1N=C(c2ccccc2)CC1c1cccs1. The number of rotatable bonds is 2. The molecule has 2 N–H and O–H groups in total. The van der Waals surface area contributed by atoms with Crippen LogP contribution >= 0.6 is 23.6 Å². The molecule has 5 heteroatoms. The van der Waals surface area contributed by atoms with E-state index in [1.165, 1.54) is 4.88 Å². The number of hydrogen-bond donors (Lipinski definition) is 1. The minimum atomic E-state index is 0.132. The first-order chi connectivity index (χ1) is 9.25. The van der Waals surface area contributed by atoms with Crippen molar-refractivity contribution in [2.75, 3.05) is 0 Å². The zero-order chi connectivity index (χ0) is 13.2. The molecular formula is C14H13N3S2. The van der Waals surface area contributed by atoms with E-state index in [9.17, 15) is 0 Å². The lowest BCUT2D eigenvalue weighted by atomic mass is 10.0. The topological polar surface area (TPSA) is 41.6 Å². The Morgan fingerprint density at radius 3 is 2.68 bits per heavy atom. The van der Waals surface area contributed by atoms with E-state index in [-0.39, 0.29) is 6.04 Å². The summed E-state index contributed by atoms with van der Waals surface area (Å²) < 4.78 is 0. The number of hydrogen-bond acceptors (Lipinski definition) is 3. The third-order valence-electron chi connectivity index (χ3n) is 3.11. The number of thiocarbonyl (C=S) groups is 1. The fourth-order valence-corrected chi connectivity index (χ4v) is 3.20. The predicted molar refractivity (Wildman–Crippen MR) is 83.3 cm³/mol. The van der Waals surface area contributed by atoms with Crippen molar-refractivity contribution in [1.29, 1.82) is 0 Å². The van der Waals surface area contributed by atoms with Crippen molar-refractivity contribution >= 4 is 34.4 Å². The number of nitrogens with zero attached hydrogens (tertiary/aromatic N) is 2. The zero-order valence-corrected chi connectivity index (χ0v) is 11.8. The molecule has 1 aromatic carbocycles. The minimum Gasteiger partial charge on any atom is -0.375 e. The summed E-state index contributed by atoms with van der Waals surface area (Å²) in [6.45, 7) is 0. The summed E-state index contributed by atoms with van der Waals surface area (Å²) in [6, 6.07) is 14.4. The highest BCUT2D eigenvalue weighted by Gasteiger charge is 2.30. The second-order valence-corrected chi connectivity index (χ2v) is 5.73. The summed E-state index contributed by atoms with van der Waals surface area (Å²) in [5.41, 5.74) is 7.95. The van der Waals surface area contributed by atoms with Gasteiger partial charge >= 0.3 is 0 Å². The molecule has 1 aromatic heterocycles. The van der Waals surface area contributed by atoms with Crippen molar-refractivity contribution in [1.82, 2.24) is 5.01 Å². The van der Waals surface area contributed by atoms with E-state index in [4.69, 9.17) is 18.0 Å². The van der Waals surface area contributed by atoms with Crippen LogP contribution in [-0.4, -0.2) is 15.8 Å². The second-order valence-electron chi connectivity index (χ2n) is 4.33. The van der Waals surface area contributed by atoms with Crippen LogP contribution in [0.1, 0.15) is 22.9 Å². The van der Waals surface area contributed by atoms with Gasteiger partial charge in [0.15, 0.2) is 5.11 Å². The van der Waals surface area contributed by atoms with E-state index < -0.39 is 0 Å². The van der Waals surface area contributed by atoms with E-state index in [2.05, 4.69) is 28.7 Å². The van der Waals surface area contributed by atoms with Gasteiger partial charge in [-0.1, -0.05) is 36.4 Å². The van der Waals surface area contributed by atoms with Gasteiger partial charge in [-0.25, -0.2) is 5.01 Å². The maximum absolute atomic E-state index is 5.79. The van der Waals surface area contributed by atoms with E-state index in [0.29, 0.717) is 5.11 Å². The molecule has 3 rings (SSSR count). The Balaban J connectivity index is 1.94. The zero-order valence-electron chi connectivity index (χ0n) is 10.2. The average molecular weight is 287 g/mol. The Labute approximate surface area is 121 Å². The summed E-state index contributed by atoms with van der Waals surface area (Å²) in [6.07, 6.45) is 0.835. The molecule has 96 valence electrons. The van der Waals surface area contributed by atoms with Crippen LogP contribution in [0.4, 0.5) is 0 Å². The molecule has 0 amide bonds. The molecule has 2 aromatic rings. The van der Waals surface area contributed by atoms with Gasteiger partial charge in [0.05, 0.1) is 11.8 Å². The van der Waals surface area contributed by atoms with E-state index >= 15 is 0 Å². The number of benzene rings is 1. The molecule has 1 aliphatic rings. The molecule has 2 heterocycles. The molecule has 0 radical (unpaired) electrons. The van der Waals surface area contributed by atoms with E-state index in [1.807, 2.05) is 24.3 Å². The van der Waals surface area contributed by atoms with Crippen LogP contribution < -0.4 is 5.73 Å². The monoisotopic (exact) mass is 287 g/mol. The Bertz CT molecular complexity index is 605. The lowest BCUT2D eigenvalue weighted by Gasteiger charge is -2.20. The molecule has 0 bridgehead atoms. The average Bonchev–Trinajstić information content (AvgIpc) is 3.08. The Morgan fingerprint density at radius 1 is 1.26 bits per heavy atom. The maximum atomic E-state index is 5.79. The maximum Gasteiger partial charge on any atom is 0.187 e. The molecule has 0 fully saturated rings. The quantitative estimate of drug-likeness (QED) is 0.863. The Kier molecular flexibility index (Phi) is 3.31.